The molecule has 0 heterocycles. The van der Waals surface area contributed by atoms with Gasteiger partial charge in [0, 0.05) is 17.9 Å². The lowest BCUT2D eigenvalue weighted by Crippen LogP contribution is -2.24. The Labute approximate surface area is 129 Å². The third-order valence-electron chi connectivity index (χ3n) is 3.22. The van der Waals surface area contributed by atoms with Crippen molar-refractivity contribution in [3.05, 3.63) is 59.7 Å². The van der Waals surface area contributed by atoms with Crippen LogP contribution in [0.1, 0.15) is 15.9 Å². The van der Waals surface area contributed by atoms with E-state index in [-0.39, 0.29) is 19.1 Å². The topological polar surface area (TPSA) is 81.6 Å². The number of rotatable bonds is 6. The summed E-state index contributed by atoms with van der Waals surface area (Å²) in [6, 6.07) is 14.6. The quantitative estimate of drug-likeness (QED) is 0.658. The smallest absolute Gasteiger partial charge is 0.257 e. The maximum absolute atomic E-state index is 12.4. The molecule has 0 saturated carbocycles. The third-order valence-corrected chi connectivity index (χ3v) is 3.22. The number of hydrogen-bond donors (Lipinski definition) is 4. The number of hydrogen-bond acceptors (Lipinski definition) is 4. The molecule has 1 atom stereocenters. The Hall–Kier alpha value is -2.37. The van der Waals surface area contributed by atoms with Crippen LogP contribution >= 0.6 is 0 Å². The Balaban J connectivity index is 2.10. The van der Waals surface area contributed by atoms with Gasteiger partial charge in [-0.1, -0.05) is 29.8 Å². The maximum atomic E-state index is 12.4. The molecule has 1 unspecified atom stereocenters. The fourth-order valence-corrected chi connectivity index (χ4v) is 1.96. The molecule has 0 spiro atoms. The van der Waals surface area contributed by atoms with Crippen LogP contribution in [0.2, 0.25) is 0 Å². The third kappa shape index (κ3) is 4.31. The summed E-state index contributed by atoms with van der Waals surface area (Å²) >= 11 is 0. The van der Waals surface area contributed by atoms with Gasteiger partial charge in [-0.15, -0.1) is 0 Å². The van der Waals surface area contributed by atoms with Crippen molar-refractivity contribution in [1.29, 1.82) is 0 Å². The zero-order valence-corrected chi connectivity index (χ0v) is 12.4. The second kappa shape index (κ2) is 7.59. The zero-order valence-electron chi connectivity index (χ0n) is 12.4. The van der Waals surface area contributed by atoms with Crippen molar-refractivity contribution >= 4 is 17.3 Å². The van der Waals surface area contributed by atoms with Crippen molar-refractivity contribution < 1.29 is 15.0 Å². The molecule has 1 amide bonds. The van der Waals surface area contributed by atoms with Gasteiger partial charge in [-0.05, 0) is 31.2 Å². The average molecular weight is 300 g/mol. The number of carbonyl (C=O) groups is 1. The highest BCUT2D eigenvalue weighted by atomic mass is 16.3. The summed E-state index contributed by atoms with van der Waals surface area (Å²) in [6.45, 7) is 1.83. The van der Waals surface area contributed by atoms with E-state index in [1.165, 1.54) is 0 Å². The normalized spacial score (nSPS) is 11.8. The molecule has 116 valence electrons. The fraction of sp³-hybridized carbons (Fsp3) is 0.235. The van der Waals surface area contributed by atoms with Crippen LogP contribution in [0.25, 0.3) is 0 Å². The molecular formula is C17H20N2O3. The van der Waals surface area contributed by atoms with Gasteiger partial charge in [-0.25, -0.2) is 0 Å². The number of nitrogens with one attached hydrogen (secondary N) is 2. The van der Waals surface area contributed by atoms with E-state index < -0.39 is 6.10 Å². The molecule has 0 aromatic heterocycles. The van der Waals surface area contributed by atoms with E-state index in [1.54, 1.807) is 24.3 Å². The highest BCUT2D eigenvalue weighted by Gasteiger charge is 2.12. The second-order valence-electron chi connectivity index (χ2n) is 5.08. The number of anilines is 2. The summed E-state index contributed by atoms with van der Waals surface area (Å²) in [4.78, 5) is 12.4. The van der Waals surface area contributed by atoms with Crippen molar-refractivity contribution in [3.8, 4) is 0 Å². The Morgan fingerprint density at radius 1 is 1.14 bits per heavy atom. The van der Waals surface area contributed by atoms with Gasteiger partial charge in [-0.2, -0.15) is 0 Å². The molecule has 0 aliphatic heterocycles. The first-order chi connectivity index (χ1) is 10.6. The predicted molar refractivity (Wildman–Crippen MR) is 87.2 cm³/mol. The van der Waals surface area contributed by atoms with Gasteiger partial charge in [0.25, 0.3) is 5.91 Å². The summed E-state index contributed by atoms with van der Waals surface area (Å²) in [5, 5.41) is 24.0. The first-order valence-electron chi connectivity index (χ1n) is 7.10. The summed E-state index contributed by atoms with van der Waals surface area (Å²) in [7, 11) is 0. The number of carbonyl (C=O) groups excluding carboxylic acids is 1. The minimum absolute atomic E-state index is 0.172. The summed E-state index contributed by atoms with van der Waals surface area (Å²) in [5.74, 6) is -0.231. The summed E-state index contributed by atoms with van der Waals surface area (Å²) < 4.78 is 0. The Kier molecular flexibility index (Phi) is 5.52. The molecule has 2 rings (SSSR count). The van der Waals surface area contributed by atoms with Crippen LogP contribution in [-0.4, -0.2) is 35.4 Å². The number of para-hydroxylation sites is 1. The van der Waals surface area contributed by atoms with Gasteiger partial charge in [-0.3, -0.25) is 4.79 Å². The van der Waals surface area contributed by atoms with Crippen LogP contribution in [0.15, 0.2) is 48.5 Å². The SMILES string of the molecule is Cc1ccc(NC(=O)c2ccccc2NCC(O)CO)cc1. The molecule has 0 saturated heterocycles. The van der Waals surface area contributed by atoms with E-state index in [9.17, 15) is 9.90 Å². The number of benzene rings is 2. The van der Waals surface area contributed by atoms with Gasteiger partial charge in [0.2, 0.25) is 0 Å². The lowest BCUT2D eigenvalue weighted by Gasteiger charge is -2.14. The first-order valence-corrected chi connectivity index (χ1v) is 7.10. The van der Waals surface area contributed by atoms with Gasteiger partial charge < -0.3 is 20.8 Å². The number of aryl methyl sites for hydroxylation is 1. The second-order valence-corrected chi connectivity index (χ2v) is 5.08. The van der Waals surface area contributed by atoms with Gasteiger partial charge >= 0.3 is 0 Å². The van der Waals surface area contributed by atoms with E-state index >= 15 is 0 Å². The van der Waals surface area contributed by atoms with Crippen molar-refractivity contribution in [2.45, 2.75) is 13.0 Å². The van der Waals surface area contributed by atoms with Crippen molar-refractivity contribution in [2.24, 2.45) is 0 Å². The van der Waals surface area contributed by atoms with E-state index in [4.69, 9.17) is 5.11 Å². The molecule has 0 aliphatic rings. The Morgan fingerprint density at radius 2 is 1.82 bits per heavy atom. The molecule has 0 fully saturated rings. The fourth-order valence-electron chi connectivity index (χ4n) is 1.96. The lowest BCUT2D eigenvalue weighted by atomic mass is 10.1. The molecule has 5 heteroatoms. The number of aliphatic hydroxyl groups is 2. The molecule has 2 aromatic rings. The largest absolute Gasteiger partial charge is 0.394 e. The maximum Gasteiger partial charge on any atom is 0.257 e. The van der Waals surface area contributed by atoms with Gasteiger partial charge in [0.05, 0.1) is 18.3 Å². The highest BCUT2D eigenvalue weighted by Crippen LogP contribution is 2.17. The predicted octanol–water partition coefficient (Wildman–Crippen LogP) is 2.01. The molecule has 0 aliphatic carbocycles. The van der Waals surface area contributed by atoms with Gasteiger partial charge in [0.15, 0.2) is 0 Å². The van der Waals surface area contributed by atoms with E-state index in [0.717, 1.165) is 11.3 Å². The van der Waals surface area contributed by atoms with E-state index in [1.807, 2.05) is 31.2 Å². The van der Waals surface area contributed by atoms with Crippen molar-refractivity contribution in [1.82, 2.24) is 0 Å². The highest BCUT2D eigenvalue weighted by molar-refractivity contribution is 6.08. The van der Waals surface area contributed by atoms with Crippen LogP contribution in [0, 0.1) is 6.92 Å². The average Bonchev–Trinajstić information content (AvgIpc) is 2.55. The monoisotopic (exact) mass is 300 g/mol. The molecule has 5 nitrogen and oxygen atoms in total. The summed E-state index contributed by atoms with van der Waals surface area (Å²) in [6.07, 6.45) is -0.867. The van der Waals surface area contributed by atoms with Gasteiger partial charge in [0.1, 0.15) is 0 Å². The van der Waals surface area contributed by atoms with E-state index in [0.29, 0.717) is 11.3 Å². The Morgan fingerprint density at radius 3 is 2.50 bits per heavy atom. The van der Waals surface area contributed by atoms with Crippen LogP contribution in [-0.2, 0) is 0 Å². The van der Waals surface area contributed by atoms with Crippen molar-refractivity contribution in [3.63, 3.8) is 0 Å². The summed E-state index contributed by atoms with van der Waals surface area (Å²) in [5.41, 5.74) is 2.94. The van der Waals surface area contributed by atoms with Crippen LogP contribution < -0.4 is 10.6 Å². The van der Waals surface area contributed by atoms with Crippen LogP contribution in [0.4, 0.5) is 11.4 Å². The van der Waals surface area contributed by atoms with Crippen LogP contribution in [0.3, 0.4) is 0 Å². The molecule has 0 radical (unpaired) electrons. The van der Waals surface area contributed by atoms with E-state index in [2.05, 4.69) is 10.6 Å². The minimum atomic E-state index is -0.867. The number of aliphatic hydroxyl groups excluding tert-OH is 2. The molecule has 4 N–H and O–H groups in total. The van der Waals surface area contributed by atoms with Crippen LogP contribution in [0.5, 0.6) is 0 Å². The lowest BCUT2D eigenvalue weighted by molar-refractivity contribution is 0.102. The number of amides is 1. The first kappa shape index (κ1) is 16.0. The molecule has 22 heavy (non-hydrogen) atoms. The Bertz CT molecular complexity index is 626. The molecule has 2 aromatic carbocycles. The zero-order chi connectivity index (χ0) is 15.9. The van der Waals surface area contributed by atoms with Crippen molar-refractivity contribution in [2.75, 3.05) is 23.8 Å². The standard InChI is InChI=1S/C17H20N2O3/c1-12-6-8-13(9-7-12)19-17(22)15-4-2-3-5-16(15)18-10-14(21)11-20/h2-9,14,18,20-21H,10-11H2,1H3,(H,19,22). The molecule has 0 bridgehead atoms. The minimum Gasteiger partial charge on any atom is -0.394 e. The molecular weight excluding hydrogens is 280 g/mol.